The van der Waals surface area contributed by atoms with Crippen LogP contribution in [0.4, 0.5) is 11.4 Å². The van der Waals surface area contributed by atoms with Gasteiger partial charge in [-0.2, -0.15) is 4.98 Å². The SMILES string of the molecule is COc1cc(N2C(=N)C(c3nc(-c4cc(N)ccc4Cl)no3)SC2N)cc(OC)c1OC. The lowest BCUT2D eigenvalue weighted by molar-refractivity contribution is 0.324. The van der Waals surface area contributed by atoms with Gasteiger partial charge >= 0.3 is 0 Å². The van der Waals surface area contributed by atoms with Gasteiger partial charge in [0.25, 0.3) is 0 Å². The van der Waals surface area contributed by atoms with Crippen molar-refractivity contribution in [2.75, 3.05) is 32.0 Å². The zero-order chi connectivity index (χ0) is 23.0. The Labute approximate surface area is 193 Å². The first kappa shape index (κ1) is 22.1. The fraction of sp³-hybridized carbons (Fsp3) is 0.250. The summed E-state index contributed by atoms with van der Waals surface area (Å²) in [5.41, 5.74) is 13.3. The minimum Gasteiger partial charge on any atom is -0.493 e. The van der Waals surface area contributed by atoms with Gasteiger partial charge < -0.3 is 35.1 Å². The van der Waals surface area contributed by atoms with Crippen LogP contribution in [0.5, 0.6) is 17.2 Å². The Morgan fingerprint density at radius 1 is 1.12 bits per heavy atom. The van der Waals surface area contributed by atoms with E-state index in [1.807, 2.05) is 0 Å². The molecule has 1 aliphatic heterocycles. The van der Waals surface area contributed by atoms with Gasteiger partial charge in [-0.15, -0.1) is 0 Å². The highest BCUT2D eigenvalue weighted by atomic mass is 35.5. The van der Waals surface area contributed by atoms with Crippen LogP contribution in [0.25, 0.3) is 11.4 Å². The molecular formula is C20H21ClN6O4S. The molecule has 2 aromatic carbocycles. The van der Waals surface area contributed by atoms with Gasteiger partial charge in [0, 0.05) is 23.4 Å². The second kappa shape index (κ2) is 8.77. The molecule has 32 heavy (non-hydrogen) atoms. The molecule has 4 rings (SSSR count). The molecule has 3 aromatic rings. The smallest absolute Gasteiger partial charge is 0.247 e. The number of amidine groups is 1. The molecule has 2 atom stereocenters. The Morgan fingerprint density at radius 3 is 2.44 bits per heavy atom. The van der Waals surface area contributed by atoms with Crippen LogP contribution < -0.4 is 30.6 Å². The van der Waals surface area contributed by atoms with E-state index in [9.17, 15) is 0 Å². The van der Waals surface area contributed by atoms with Gasteiger partial charge in [-0.1, -0.05) is 28.5 Å². The fourth-order valence-electron chi connectivity index (χ4n) is 3.36. The Bertz CT molecular complexity index is 1150. The lowest BCUT2D eigenvalue weighted by Gasteiger charge is -2.24. The summed E-state index contributed by atoms with van der Waals surface area (Å²) in [6, 6.07) is 8.47. The second-order valence-corrected chi connectivity index (χ2v) is 8.37. The summed E-state index contributed by atoms with van der Waals surface area (Å²) in [5, 5.41) is 12.6. The van der Waals surface area contributed by atoms with E-state index in [1.165, 1.54) is 33.1 Å². The molecule has 0 spiro atoms. The molecule has 0 aliphatic carbocycles. The monoisotopic (exact) mass is 476 g/mol. The predicted octanol–water partition coefficient (Wildman–Crippen LogP) is 3.51. The molecule has 12 heteroatoms. The van der Waals surface area contributed by atoms with Crippen LogP contribution in [0.15, 0.2) is 34.9 Å². The lowest BCUT2D eigenvalue weighted by atomic mass is 10.2. The number of hydrogen-bond donors (Lipinski definition) is 3. The van der Waals surface area contributed by atoms with E-state index in [4.69, 9.17) is 47.2 Å². The van der Waals surface area contributed by atoms with Gasteiger partial charge in [0.05, 0.1) is 32.0 Å². The maximum atomic E-state index is 8.75. The first-order valence-corrected chi connectivity index (χ1v) is 10.7. The average molecular weight is 477 g/mol. The van der Waals surface area contributed by atoms with Crippen LogP contribution in [0.3, 0.4) is 0 Å². The van der Waals surface area contributed by atoms with Crippen LogP contribution in [0.1, 0.15) is 11.1 Å². The Kier molecular flexibility index (Phi) is 6.04. The summed E-state index contributed by atoms with van der Waals surface area (Å²) in [6.07, 6.45) is 0. The first-order chi connectivity index (χ1) is 15.4. The highest BCUT2D eigenvalue weighted by Crippen LogP contribution is 2.47. The van der Waals surface area contributed by atoms with Crippen LogP contribution >= 0.6 is 23.4 Å². The molecule has 1 aromatic heterocycles. The number of nitrogens with one attached hydrogen (secondary N) is 1. The first-order valence-electron chi connectivity index (χ1n) is 9.35. The maximum absolute atomic E-state index is 8.75. The molecule has 1 saturated heterocycles. The fourth-order valence-corrected chi connectivity index (χ4v) is 4.65. The van der Waals surface area contributed by atoms with Crippen LogP contribution in [-0.4, -0.2) is 42.8 Å². The van der Waals surface area contributed by atoms with Gasteiger partial charge in [0.2, 0.25) is 17.5 Å². The van der Waals surface area contributed by atoms with E-state index in [0.717, 1.165) is 0 Å². The zero-order valence-electron chi connectivity index (χ0n) is 17.5. The third-order valence-corrected chi connectivity index (χ3v) is 6.38. The van der Waals surface area contributed by atoms with Crippen molar-refractivity contribution in [2.45, 2.75) is 10.7 Å². The third-order valence-electron chi connectivity index (χ3n) is 4.86. The molecule has 1 aliphatic rings. The summed E-state index contributed by atoms with van der Waals surface area (Å²) in [7, 11) is 4.57. The molecule has 1 fully saturated rings. The Morgan fingerprint density at radius 2 is 1.81 bits per heavy atom. The summed E-state index contributed by atoms with van der Waals surface area (Å²) < 4.78 is 21.7. The van der Waals surface area contributed by atoms with Crippen molar-refractivity contribution in [2.24, 2.45) is 5.73 Å². The van der Waals surface area contributed by atoms with Crippen molar-refractivity contribution in [3.63, 3.8) is 0 Å². The Balaban J connectivity index is 1.67. The summed E-state index contributed by atoms with van der Waals surface area (Å²) in [5.74, 6) is 2.04. The molecule has 2 unspecified atom stereocenters. The van der Waals surface area contributed by atoms with Crippen LogP contribution in [-0.2, 0) is 0 Å². The van der Waals surface area contributed by atoms with Crippen molar-refractivity contribution >= 4 is 40.6 Å². The molecule has 168 valence electrons. The number of hydrogen-bond acceptors (Lipinski definition) is 10. The quantitative estimate of drug-likeness (QED) is 0.451. The topological polar surface area (TPSA) is 146 Å². The Hall–Kier alpha value is -3.15. The van der Waals surface area contributed by atoms with Gasteiger partial charge in [-0.25, -0.2) is 0 Å². The minimum atomic E-state index is -0.582. The third kappa shape index (κ3) is 3.78. The number of rotatable bonds is 6. The van der Waals surface area contributed by atoms with Gasteiger partial charge in [0.15, 0.2) is 11.5 Å². The van der Waals surface area contributed by atoms with Crippen LogP contribution in [0.2, 0.25) is 5.02 Å². The number of nitrogens with zero attached hydrogens (tertiary/aromatic N) is 3. The van der Waals surface area contributed by atoms with E-state index < -0.39 is 10.7 Å². The largest absolute Gasteiger partial charge is 0.493 e. The molecule has 0 bridgehead atoms. The standard InChI is InChI=1S/C20H21ClN6O4S/c1-28-13-7-10(8-14(29-2)15(13)30-3)27-17(23)16(32-20(27)24)19-25-18(26-31-19)11-6-9(22)4-5-12(11)21/h4-8,16,20,23H,22,24H2,1-3H3. The van der Waals surface area contributed by atoms with Crippen molar-refractivity contribution in [1.29, 1.82) is 5.41 Å². The zero-order valence-corrected chi connectivity index (χ0v) is 19.0. The molecule has 10 nitrogen and oxygen atoms in total. The summed E-state index contributed by atoms with van der Waals surface area (Å²) in [4.78, 5) is 6.08. The molecule has 5 N–H and O–H groups in total. The van der Waals surface area contributed by atoms with Crippen molar-refractivity contribution in [3.05, 3.63) is 41.2 Å². The lowest BCUT2D eigenvalue weighted by Crippen LogP contribution is -2.38. The number of aromatic nitrogens is 2. The molecule has 0 amide bonds. The molecule has 0 radical (unpaired) electrons. The molecule has 0 saturated carbocycles. The number of ether oxygens (including phenoxy) is 3. The van der Waals surface area contributed by atoms with Gasteiger partial charge in [-0.05, 0) is 18.2 Å². The number of benzene rings is 2. The highest BCUT2D eigenvalue weighted by Gasteiger charge is 2.41. The van der Waals surface area contributed by atoms with E-state index in [1.54, 1.807) is 35.2 Å². The van der Waals surface area contributed by atoms with E-state index in [0.29, 0.717) is 39.2 Å². The van der Waals surface area contributed by atoms with Crippen molar-refractivity contribution < 1.29 is 18.7 Å². The van der Waals surface area contributed by atoms with E-state index in [2.05, 4.69) is 10.1 Å². The predicted molar refractivity (Wildman–Crippen MR) is 124 cm³/mol. The van der Waals surface area contributed by atoms with E-state index in [-0.39, 0.29) is 17.6 Å². The number of thioether (sulfide) groups is 1. The second-order valence-electron chi connectivity index (χ2n) is 6.74. The summed E-state index contributed by atoms with van der Waals surface area (Å²) in [6.45, 7) is 0. The normalized spacial score (nSPS) is 18.2. The minimum absolute atomic E-state index is 0.172. The molecule has 2 heterocycles. The highest BCUT2D eigenvalue weighted by molar-refractivity contribution is 8.01. The molecular weight excluding hydrogens is 456 g/mol. The number of methoxy groups -OCH3 is 3. The van der Waals surface area contributed by atoms with Crippen LogP contribution in [0, 0.1) is 5.41 Å². The number of anilines is 2. The van der Waals surface area contributed by atoms with Crippen molar-refractivity contribution in [3.8, 4) is 28.6 Å². The van der Waals surface area contributed by atoms with Gasteiger partial charge in [-0.3, -0.25) is 5.41 Å². The maximum Gasteiger partial charge on any atom is 0.247 e. The van der Waals surface area contributed by atoms with Gasteiger partial charge in [0.1, 0.15) is 16.6 Å². The average Bonchev–Trinajstić information content (AvgIpc) is 3.38. The number of halogens is 1. The van der Waals surface area contributed by atoms with E-state index >= 15 is 0 Å². The van der Waals surface area contributed by atoms with Crippen molar-refractivity contribution in [1.82, 2.24) is 10.1 Å². The number of nitrogen functional groups attached to an aromatic ring is 1. The number of nitrogens with two attached hydrogens (primary N) is 2. The summed E-state index contributed by atoms with van der Waals surface area (Å²) >= 11 is 7.54.